The number of benzene rings is 2. The van der Waals surface area contributed by atoms with Gasteiger partial charge in [0, 0.05) is 48.7 Å². The number of pyridine rings is 1. The second-order valence-corrected chi connectivity index (χ2v) is 8.06. The molecule has 0 saturated heterocycles. The Morgan fingerprint density at radius 1 is 1.16 bits per heavy atom. The van der Waals surface area contributed by atoms with E-state index in [0.29, 0.717) is 33.7 Å². The molecule has 0 aliphatic rings. The molecule has 0 aliphatic carbocycles. The van der Waals surface area contributed by atoms with Gasteiger partial charge in [0.05, 0.1) is 23.2 Å². The molecule has 2 N–H and O–H groups in total. The maximum atomic E-state index is 11.9. The molecule has 32 heavy (non-hydrogen) atoms. The van der Waals surface area contributed by atoms with E-state index in [0.717, 1.165) is 15.7 Å². The average Bonchev–Trinajstić information content (AvgIpc) is 3.09. The molecule has 10 heteroatoms. The van der Waals surface area contributed by atoms with Gasteiger partial charge in [-0.3, -0.25) is 9.78 Å². The highest BCUT2D eigenvalue weighted by Gasteiger charge is 2.16. The standard InChI is InChI=1S/C22H19BrClN5O3/c1-25-21(30)17-9-13(6-7-26-17)32-20-10-16-18(11-19(20)31-3)29(2)22(28-16)27-12-4-5-14(23)15(24)8-12/h4-11H,1-3H3,(H,25,30)(H,27,28). The molecule has 2 aromatic heterocycles. The highest BCUT2D eigenvalue weighted by molar-refractivity contribution is 9.10. The second kappa shape index (κ2) is 9.05. The number of aromatic nitrogens is 3. The molecule has 0 radical (unpaired) electrons. The Morgan fingerprint density at radius 2 is 1.97 bits per heavy atom. The summed E-state index contributed by atoms with van der Waals surface area (Å²) in [6, 6.07) is 12.4. The fourth-order valence-electron chi connectivity index (χ4n) is 3.11. The number of anilines is 2. The Hall–Kier alpha value is -3.30. The van der Waals surface area contributed by atoms with E-state index in [1.165, 1.54) is 6.20 Å². The first kappa shape index (κ1) is 21.9. The minimum absolute atomic E-state index is 0.252. The number of ether oxygens (including phenoxy) is 2. The molecule has 2 aromatic carbocycles. The first-order valence-corrected chi connectivity index (χ1v) is 10.7. The lowest BCUT2D eigenvalue weighted by atomic mass is 10.2. The SMILES string of the molecule is CNC(=O)c1cc(Oc2cc3nc(Nc4ccc(Br)c(Cl)c4)n(C)c3cc2OC)ccn1. The van der Waals surface area contributed by atoms with E-state index in [-0.39, 0.29) is 11.6 Å². The van der Waals surface area contributed by atoms with Crippen molar-refractivity contribution in [3.8, 4) is 17.2 Å². The average molecular weight is 517 g/mol. The summed E-state index contributed by atoms with van der Waals surface area (Å²) in [4.78, 5) is 20.6. The van der Waals surface area contributed by atoms with Crippen molar-refractivity contribution in [1.29, 1.82) is 0 Å². The van der Waals surface area contributed by atoms with Gasteiger partial charge in [0.1, 0.15) is 11.4 Å². The van der Waals surface area contributed by atoms with Crippen LogP contribution < -0.4 is 20.1 Å². The number of halogens is 2. The normalized spacial score (nSPS) is 10.8. The van der Waals surface area contributed by atoms with E-state index < -0.39 is 0 Å². The molecule has 164 valence electrons. The maximum Gasteiger partial charge on any atom is 0.269 e. The van der Waals surface area contributed by atoms with Gasteiger partial charge < -0.3 is 24.7 Å². The number of imidazole rings is 1. The van der Waals surface area contributed by atoms with Crippen molar-refractivity contribution in [2.75, 3.05) is 19.5 Å². The van der Waals surface area contributed by atoms with Crippen molar-refractivity contribution in [1.82, 2.24) is 19.9 Å². The van der Waals surface area contributed by atoms with Crippen LogP contribution in [-0.2, 0) is 7.05 Å². The van der Waals surface area contributed by atoms with Crippen molar-refractivity contribution >= 4 is 56.1 Å². The van der Waals surface area contributed by atoms with E-state index in [2.05, 4.69) is 36.5 Å². The summed E-state index contributed by atoms with van der Waals surface area (Å²) in [5, 5.41) is 6.41. The molecule has 0 fully saturated rings. The molecule has 0 unspecified atom stereocenters. The number of methoxy groups -OCH3 is 1. The fourth-order valence-corrected chi connectivity index (χ4v) is 3.53. The van der Waals surface area contributed by atoms with Crippen LogP contribution in [0.1, 0.15) is 10.5 Å². The van der Waals surface area contributed by atoms with Gasteiger partial charge in [-0.15, -0.1) is 0 Å². The Bertz CT molecular complexity index is 1320. The summed E-state index contributed by atoms with van der Waals surface area (Å²) in [6.07, 6.45) is 1.51. The number of amides is 1. The van der Waals surface area contributed by atoms with Gasteiger partial charge in [0.25, 0.3) is 5.91 Å². The highest BCUT2D eigenvalue weighted by Crippen LogP contribution is 2.37. The third-order valence-electron chi connectivity index (χ3n) is 4.76. The van der Waals surface area contributed by atoms with E-state index >= 15 is 0 Å². The number of rotatable bonds is 6. The van der Waals surface area contributed by atoms with Crippen LogP contribution in [0.2, 0.25) is 5.02 Å². The molecule has 0 aliphatic heterocycles. The van der Waals surface area contributed by atoms with Crippen molar-refractivity contribution in [2.24, 2.45) is 7.05 Å². The van der Waals surface area contributed by atoms with Gasteiger partial charge >= 0.3 is 0 Å². The van der Waals surface area contributed by atoms with Crippen LogP contribution in [0, 0.1) is 0 Å². The van der Waals surface area contributed by atoms with Crippen LogP contribution in [-0.4, -0.2) is 34.6 Å². The summed E-state index contributed by atoms with van der Waals surface area (Å²) in [7, 11) is 5.01. The van der Waals surface area contributed by atoms with Crippen LogP contribution in [0.3, 0.4) is 0 Å². The number of hydrogen-bond donors (Lipinski definition) is 2. The predicted molar refractivity (Wildman–Crippen MR) is 127 cm³/mol. The Kier molecular flexibility index (Phi) is 6.20. The molecule has 8 nitrogen and oxygen atoms in total. The number of fused-ring (bicyclic) bond motifs is 1. The van der Waals surface area contributed by atoms with Crippen LogP contribution >= 0.6 is 27.5 Å². The van der Waals surface area contributed by atoms with Crippen molar-refractivity contribution < 1.29 is 14.3 Å². The van der Waals surface area contributed by atoms with Gasteiger partial charge in [0.15, 0.2) is 11.5 Å². The van der Waals surface area contributed by atoms with Gasteiger partial charge in [-0.05, 0) is 40.2 Å². The van der Waals surface area contributed by atoms with Crippen LogP contribution in [0.25, 0.3) is 11.0 Å². The molecule has 1 amide bonds. The maximum absolute atomic E-state index is 11.9. The molecule has 0 bridgehead atoms. The molecule has 0 atom stereocenters. The highest BCUT2D eigenvalue weighted by atomic mass is 79.9. The first-order chi connectivity index (χ1) is 15.4. The summed E-state index contributed by atoms with van der Waals surface area (Å²) in [5.41, 5.74) is 2.61. The quantitative estimate of drug-likeness (QED) is 0.362. The van der Waals surface area contributed by atoms with Crippen LogP contribution in [0.5, 0.6) is 17.2 Å². The van der Waals surface area contributed by atoms with Gasteiger partial charge in [-0.2, -0.15) is 0 Å². The van der Waals surface area contributed by atoms with Crippen molar-refractivity contribution in [3.63, 3.8) is 0 Å². The van der Waals surface area contributed by atoms with Crippen molar-refractivity contribution in [3.05, 3.63) is 63.9 Å². The summed E-state index contributed by atoms with van der Waals surface area (Å²) in [6.45, 7) is 0. The number of nitrogens with one attached hydrogen (secondary N) is 2. The molecule has 0 saturated carbocycles. The first-order valence-electron chi connectivity index (χ1n) is 9.52. The Morgan fingerprint density at radius 3 is 2.69 bits per heavy atom. The number of hydrogen-bond acceptors (Lipinski definition) is 6. The fraction of sp³-hybridized carbons (Fsp3) is 0.136. The summed E-state index contributed by atoms with van der Waals surface area (Å²) in [5.74, 6) is 1.77. The Balaban J connectivity index is 1.69. The second-order valence-electron chi connectivity index (χ2n) is 6.80. The summed E-state index contributed by atoms with van der Waals surface area (Å²) < 4.78 is 14.3. The smallest absolute Gasteiger partial charge is 0.269 e. The Labute approximate surface area is 197 Å². The number of carbonyl (C=O) groups is 1. The number of nitrogens with zero attached hydrogens (tertiary/aromatic N) is 3. The van der Waals surface area contributed by atoms with Crippen LogP contribution in [0.4, 0.5) is 11.6 Å². The molecular weight excluding hydrogens is 498 g/mol. The van der Waals surface area contributed by atoms with Gasteiger partial charge in [-0.1, -0.05) is 11.6 Å². The van der Waals surface area contributed by atoms with E-state index in [1.54, 1.807) is 32.4 Å². The molecule has 2 heterocycles. The molecule has 4 rings (SSSR count). The minimum atomic E-state index is -0.300. The number of carbonyl (C=O) groups excluding carboxylic acids is 1. The third-order valence-corrected chi connectivity index (χ3v) is 5.99. The zero-order valence-electron chi connectivity index (χ0n) is 17.4. The van der Waals surface area contributed by atoms with Gasteiger partial charge in [-0.25, -0.2) is 4.98 Å². The van der Waals surface area contributed by atoms with Gasteiger partial charge in [0.2, 0.25) is 5.95 Å². The third kappa shape index (κ3) is 4.35. The van der Waals surface area contributed by atoms with E-state index in [4.69, 9.17) is 21.1 Å². The topological polar surface area (TPSA) is 90.3 Å². The molecular formula is C22H19BrClN5O3. The zero-order valence-corrected chi connectivity index (χ0v) is 19.8. The monoisotopic (exact) mass is 515 g/mol. The molecule has 0 spiro atoms. The van der Waals surface area contributed by atoms with E-state index in [9.17, 15) is 4.79 Å². The number of aryl methyl sites for hydroxylation is 1. The largest absolute Gasteiger partial charge is 0.493 e. The van der Waals surface area contributed by atoms with Crippen LogP contribution in [0.15, 0.2) is 53.1 Å². The molecule has 4 aromatic rings. The lowest BCUT2D eigenvalue weighted by Gasteiger charge is -2.11. The van der Waals surface area contributed by atoms with Crippen molar-refractivity contribution in [2.45, 2.75) is 0 Å². The predicted octanol–water partition coefficient (Wildman–Crippen LogP) is 5.29. The summed E-state index contributed by atoms with van der Waals surface area (Å²) >= 11 is 9.59. The lowest BCUT2D eigenvalue weighted by Crippen LogP contribution is -2.18. The zero-order chi connectivity index (χ0) is 22.8. The minimum Gasteiger partial charge on any atom is -0.493 e. The van der Waals surface area contributed by atoms with E-state index in [1.807, 2.05) is 35.9 Å². The lowest BCUT2D eigenvalue weighted by molar-refractivity contribution is 0.0958.